The zero-order chi connectivity index (χ0) is 23.4. The SMILES string of the molecule is COC(=O)C1=C(C(=O)OC)N(c2c(F)cccc2C#N)C(N)=C(C#N)C1c1ccccc1. The van der Waals surface area contributed by atoms with Crippen LogP contribution in [0, 0.1) is 28.5 Å². The van der Waals surface area contributed by atoms with Crippen molar-refractivity contribution >= 4 is 17.6 Å². The normalized spacial score (nSPS) is 15.7. The number of esters is 2. The number of allylic oxidation sites excluding steroid dienone is 1. The van der Waals surface area contributed by atoms with Crippen LogP contribution in [0.4, 0.5) is 10.1 Å². The van der Waals surface area contributed by atoms with Gasteiger partial charge >= 0.3 is 11.9 Å². The monoisotopic (exact) mass is 432 g/mol. The molecule has 2 aromatic rings. The van der Waals surface area contributed by atoms with E-state index in [1.165, 1.54) is 12.1 Å². The smallest absolute Gasteiger partial charge is 0.355 e. The lowest BCUT2D eigenvalue weighted by Crippen LogP contribution is -2.41. The number of hydrogen-bond acceptors (Lipinski definition) is 8. The van der Waals surface area contributed by atoms with Crippen LogP contribution in [0.5, 0.6) is 0 Å². The minimum absolute atomic E-state index is 0.128. The van der Waals surface area contributed by atoms with Crippen molar-refractivity contribution in [1.29, 1.82) is 10.5 Å². The second kappa shape index (κ2) is 9.02. The molecule has 3 rings (SSSR count). The molecule has 0 amide bonds. The van der Waals surface area contributed by atoms with E-state index >= 15 is 0 Å². The van der Waals surface area contributed by atoms with Gasteiger partial charge in [0.2, 0.25) is 0 Å². The molecule has 0 saturated heterocycles. The fourth-order valence-corrected chi connectivity index (χ4v) is 3.58. The van der Waals surface area contributed by atoms with Gasteiger partial charge in [0, 0.05) is 0 Å². The summed E-state index contributed by atoms with van der Waals surface area (Å²) in [6.07, 6.45) is 0. The van der Waals surface area contributed by atoms with E-state index in [2.05, 4.69) is 0 Å². The Bertz CT molecular complexity index is 1240. The first-order chi connectivity index (χ1) is 15.4. The molecule has 0 fully saturated rings. The van der Waals surface area contributed by atoms with Gasteiger partial charge in [-0.3, -0.25) is 4.90 Å². The van der Waals surface area contributed by atoms with E-state index in [-0.39, 0.29) is 22.5 Å². The average molecular weight is 432 g/mol. The Hall–Kier alpha value is -4.63. The Labute approximate surface area is 183 Å². The molecule has 32 heavy (non-hydrogen) atoms. The van der Waals surface area contributed by atoms with Crippen LogP contribution < -0.4 is 10.6 Å². The third-order valence-corrected chi connectivity index (χ3v) is 4.94. The molecule has 160 valence electrons. The molecule has 2 N–H and O–H groups in total. The molecule has 0 saturated carbocycles. The van der Waals surface area contributed by atoms with E-state index in [9.17, 15) is 24.5 Å². The largest absolute Gasteiger partial charge is 0.466 e. The Morgan fingerprint density at radius 1 is 1.00 bits per heavy atom. The first-order valence-corrected chi connectivity index (χ1v) is 9.25. The van der Waals surface area contributed by atoms with E-state index in [1.54, 1.807) is 30.3 Å². The molecule has 8 nitrogen and oxygen atoms in total. The van der Waals surface area contributed by atoms with Crippen molar-refractivity contribution in [1.82, 2.24) is 0 Å². The minimum Gasteiger partial charge on any atom is -0.466 e. The molecule has 1 heterocycles. The molecular weight excluding hydrogens is 415 g/mol. The lowest BCUT2D eigenvalue weighted by Gasteiger charge is -2.36. The molecule has 0 aromatic heterocycles. The van der Waals surface area contributed by atoms with Crippen molar-refractivity contribution in [2.24, 2.45) is 5.73 Å². The Balaban J connectivity index is 2.50. The second-order valence-electron chi connectivity index (χ2n) is 6.58. The van der Waals surface area contributed by atoms with Gasteiger partial charge in [0.15, 0.2) is 0 Å². The van der Waals surface area contributed by atoms with Crippen LogP contribution in [-0.4, -0.2) is 26.2 Å². The number of para-hydroxylation sites is 1. The number of nitriles is 2. The quantitative estimate of drug-likeness (QED) is 0.730. The van der Waals surface area contributed by atoms with Crippen molar-refractivity contribution in [2.75, 3.05) is 19.1 Å². The standard InChI is InChI=1S/C23H17FN4O4/c1-31-22(29)18-17(13-7-4-3-5-8-13)15(12-26)21(27)28(20(18)23(30)32-2)19-14(11-25)9-6-10-16(19)24/h3-10,17H,27H2,1-2H3. The summed E-state index contributed by atoms with van der Waals surface area (Å²) in [5.41, 5.74) is 5.34. The summed E-state index contributed by atoms with van der Waals surface area (Å²) in [6.45, 7) is 0. The zero-order valence-corrected chi connectivity index (χ0v) is 17.1. The maximum absolute atomic E-state index is 15.0. The minimum atomic E-state index is -1.09. The number of nitrogens with zero attached hydrogens (tertiary/aromatic N) is 3. The van der Waals surface area contributed by atoms with Crippen molar-refractivity contribution in [3.05, 3.63) is 88.1 Å². The van der Waals surface area contributed by atoms with Crippen molar-refractivity contribution in [3.8, 4) is 12.1 Å². The summed E-state index contributed by atoms with van der Waals surface area (Å²) in [4.78, 5) is 26.7. The molecule has 1 atom stereocenters. The van der Waals surface area contributed by atoms with Crippen LogP contribution >= 0.6 is 0 Å². The van der Waals surface area contributed by atoms with Crippen LogP contribution in [0.2, 0.25) is 0 Å². The molecule has 0 aliphatic carbocycles. The van der Waals surface area contributed by atoms with Gasteiger partial charge in [-0.1, -0.05) is 36.4 Å². The first-order valence-electron chi connectivity index (χ1n) is 9.25. The highest BCUT2D eigenvalue weighted by Gasteiger charge is 2.44. The molecule has 1 aliphatic rings. The number of halogens is 1. The highest BCUT2D eigenvalue weighted by atomic mass is 19.1. The average Bonchev–Trinajstić information content (AvgIpc) is 2.82. The van der Waals surface area contributed by atoms with E-state index < -0.39 is 35.1 Å². The lowest BCUT2D eigenvalue weighted by molar-refractivity contribution is -0.139. The number of rotatable bonds is 4. The molecule has 0 bridgehead atoms. The van der Waals surface area contributed by atoms with Crippen molar-refractivity contribution < 1.29 is 23.5 Å². The molecule has 0 spiro atoms. The predicted molar refractivity (Wildman–Crippen MR) is 111 cm³/mol. The van der Waals surface area contributed by atoms with E-state index in [0.29, 0.717) is 5.56 Å². The highest BCUT2D eigenvalue weighted by molar-refractivity contribution is 6.06. The third-order valence-electron chi connectivity index (χ3n) is 4.94. The number of hydrogen-bond donors (Lipinski definition) is 1. The van der Waals surface area contributed by atoms with E-state index in [1.807, 2.05) is 12.1 Å². The maximum Gasteiger partial charge on any atom is 0.355 e. The topological polar surface area (TPSA) is 129 Å². The predicted octanol–water partition coefficient (Wildman–Crippen LogP) is 2.60. The molecular formula is C23H17FN4O4. The van der Waals surface area contributed by atoms with Gasteiger partial charge in [0.05, 0.1) is 42.9 Å². The summed E-state index contributed by atoms with van der Waals surface area (Å²) in [5, 5.41) is 19.5. The molecule has 1 aliphatic heterocycles. The van der Waals surface area contributed by atoms with Gasteiger partial charge in [0.1, 0.15) is 29.1 Å². The van der Waals surface area contributed by atoms with Crippen LogP contribution in [-0.2, 0) is 19.1 Å². The van der Waals surface area contributed by atoms with Crippen LogP contribution in [0.25, 0.3) is 0 Å². The van der Waals surface area contributed by atoms with Gasteiger partial charge in [-0.2, -0.15) is 10.5 Å². The van der Waals surface area contributed by atoms with Gasteiger partial charge in [-0.05, 0) is 17.7 Å². The molecule has 0 radical (unpaired) electrons. The van der Waals surface area contributed by atoms with E-state index in [4.69, 9.17) is 15.2 Å². The van der Waals surface area contributed by atoms with Crippen LogP contribution in [0.3, 0.4) is 0 Å². The number of carbonyl (C=O) groups is 2. The molecule has 1 unspecified atom stereocenters. The third kappa shape index (κ3) is 3.53. The number of carbonyl (C=O) groups excluding carboxylic acids is 2. The van der Waals surface area contributed by atoms with Gasteiger partial charge in [-0.15, -0.1) is 0 Å². The first kappa shape index (κ1) is 22.1. The zero-order valence-electron chi connectivity index (χ0n) is 17.1. The molecule has 2 aromatic carbocycles. The number of nitrogens with two attached hydrogens (primary N) is 1. The van der Waals surface area contributed by atoms with E-state index in [0.717, 1.165) is 25.2 Å². The summed E-state index contributed by atoms with van der Waals surface area (Å²) < 4.78 is 24.7. The fourth-order valence-electron chi connectivity index (χ4n) is 3.58. The second-order valence-corrected chi connectivity index (χ2v) is 6.58. The summed E-state index contributed by atoms with van der Waals surface area (Å²) in [7, 11) is 2.18. The Kier molecular flexibility index (Phi) is 6.22. The number of methoxy groups -OCH3 is 2. The summed E-state index contributed by atoms with van der Waals surface area (Å²) in [5.74, 6) is -4.28. The fraction of sp³-hybridized carbons (Fsp3) is 0.130. The van der Waals surface area contributed by atoms with Gasteiger partial charge in [-0.25, -0.2) is 14.0 Å². The Morgan fingerprint density at radius 2 is 1.66 bits per heavy atom. The maximum atomic E-state index is 15.0. The van der Waals surface area contributed by atoms with Crippen LogP contribution in [0.15, 0.2) is 71.2 Å². The summed E-state index contributed by atoms with van der Waals surface area (Å²) >= 11 is 0. The van der Waals surface area contributed by atoms with Gasteiger partial charge in [0.25, 0.3) is 0 Å². The molecule has 9 heteroatoms. The summed E-state index contributed by atoms with van der Waals surface area (Å²) in [6, 6.07) is 15.9. The Morgan fingerprint density at radius 3 is 2.22 bits per heavy atom. The highest BCUT2D eigenvalue weighted by Crippen LogP contribution is 2.44. The number of anilines is 1. The van der Waals surface area contributed by atoms with Crippen molar-refractivity contribution in [2.45, 2.75) is 5.92 Å². The number of ether oxygens (including phenoxy) is 2. The van der Waals surface area contributed by atoms with Crippen molar-refractivity contribution in [3.63, 3.8) is 0 Å². The van der Waals surface area contributed by atoms with Crippen LogP contribution in [0.1, 0.15) is 17.0 Å². The van der Waals surface area contributed by atoms with Gasteiger partial charge < -0.3 is 15.2 Å². The lowest BCUT2D eigenvalue weighted by atomic mass is 9.80. The number of benzene rings is 2.